The summed E-state index contributed by atoms with van der Waals surface area (Å²) in [4.78, 5) is 5.26. The van der Waals surface area contributed by atoms with Crippen molar-refractivity contribution in [2.24, 2.45) is 5.11 Å². The van der Waals surface area contributed by atoms with Crippen LogP contribution in [0.25, 0.3) is 10.4 Å². The Morgan fingerprint density at radius 2 is 2.25 bits per heavy atom. The molecule has 1 heterocycles. The lowest BCUT2D eigenvalue weighted by molar-refractivity contribution is 0.179. The summed E-state index contributed by atoms with van der Waals surface area (Å²) in [6, 6.07) is 7.84. The molecule has 0 aromatic heterocycles. The molecule has 0 spiro atoms. The molecule has 0 aliphatic carbocycles. The van der Waals surface area contributed by atoms with Crippen LogP contribution in [-0.4, -0.2) is 24.5 Å². The van der Waals surface area contributed by atoms with Crippen LogP contribution in [0.5, 0.6) is 0 Å². The zero-order valence-electron chi connectivity index (χ0n) is 9.34. The molecule has 16 heavy (non-hydrogen) atoms. The highest BCUT2D eigenvalue weighted by atomic mass is 15.2. The lowest BCUT2D eigenvalue weighted by Crippen LogP contribution is -2.37. The Kier molecular flexibility index (Phi) is 3.81. The van der Waals surface area contributed by atoms with Crippen LogP contribution < -0.4 is 0 Å². The Labute approximate surface area is 95.5 Å². The van der Waals surface area contributed by atoms with Crippen LogP contribution in [0.1, 0.15) is 18.4 Å². The average Bonchev–Trinajstić information content (AvgIpc) is 2.23. The average molecular weight is 216 g/mol. The molecule has 0 saturated carbocycles. The number of likely N-dealkylation sites (tertiary alicyclic amines) is 1. The normalized spacial score (nSPS) is 15.2. The summed E-state index contributed by atoms with van der Waals surface area (Å²) in [5.41, 5.74) is 10.3. The van der Waals surface area contributed by atoms with Gasteiger partial charge in [-0.15, -0.1) is 0 Å². The van der Waals surface area contributed by atoms with Crippen molar-refractivity contribution in [3.05, 3.63) is 40.3 Å². The van der Waals surface area contributed by atoms with E-state index in [1.165, 1.54) is 38.0 Å². The van der Waals surface area contributed by atoms with Gasteiger partial charge in [0.05, 0.1) is 0 Å². The fourth-order valence-corrected chi connectivity index (χ4v) is 1.94. The standard InChI is InChI=1S/C12H16N4/c13-15-14-12-6-1-4-11(10-12)5-2-7-16-8-3-9-16/h1,4,6,10H,2-3,5,7-9H2. The van der Waals surface area contributed by atoms with Crippen molar-refractivity contribution in [2.45, 2.75) is 19.3 Å². The first kappa shape index (κ1) is 11.0. The maximum Gasteiger partial charge on any atom is 0.0378 e. The fourth-order valence-electron chi connectivity index (χ4n) is 1.94. The van der Waals surface area contributed by atoms with Gasteiger partial charge in [-0.1, -0.05) is 23.3 Å². The van der Waals surface area contributed by atoms with Crippen molar-refractivity contribution < 1.29 is 0 Å². The number of hydrogen-bond acceptors (Lipinski definition) is 2. The number of aryl methyl sites for hydroxylation is 1. The highest BCUT2D eigenvalue weighted by Crippen LogP contribution is 2.16. The number of benzene rings is 1. The first-order valence-electron chi connectivity index (χ1n) is 5.75. The largest absolute Gasteiger partial charge is 0.303 e. The minimum absolute atomic E-state index is 0.712. The smallest absolute Gasteiger partial charge is 0.0378 e. The predicted molar refractivity (Wildman–Crippen MR) is 64.6 cm³/mol. The number of nitrogens with zero attached hydrogens (tertiary/aromatic N) is 4. The monoisotopic (exact) mass is 216 g/mol. The fraction of sp³-hybridized carbons (Fsp3) is 0.500. The second-order valence-corrected chi connectivity index (χ2v) is 4.16. The minimum atomic E-state index is 0.712. The van der Waals surface area contributed by atoms with E-state index in [1.54, 1.807) is 0 Å². The number of azide groups is 1. The van der Waals surface area contributed by atoms with Crippen LogP contribution >= 0.6 is 0 Å². The van der Waals surface area contributed by atoms with Crippen molar-refractivity contribution in [3.63, 3.8) is 0 Å². The molecule has 0 radical (unpaired) electrons. The van der Waals surface area contributed by atoms with E-state index in [0.717, 1.165) is 6.42 Å². The molecule has 1 aromatic carbocycles. The lowest BCUT2D eigenvalue weighted by Gasteiger charge is -2.30. The molecule has 1 aliphatic heterocycles. The first-order valence-corrected chi connectivity index (χ1v) is 5.75. The van der Waals surface area contributed by atoms with Crippen molar-refractivity contribution in [3.8, 4) is 0 Å². The van der Waals surface area contributed by atoms with Gasteiger partial charge in [0.2, 0.25) is 0 Å². The lowest BCUT2D eigenvalue weighted by atomic mass is 10.1. The van der Waals surface area contributed by atoms with Gasteiger partial charge in [0, 0.05) is 10.6 Å². The Morgan fingerprint density at radius 3 is 2.94 bits per heavy atom. The Balaban J connectivity index is 1.83. The van der Waals surface area contributed by atoms with Gasteiger partial charge in [-0.05, 0) is 56.1 Å². The summed E-state index contributed by atoms with van der Waals surface area (Å²) < 4.78 is 0. The molecule has 0 atom stereocenters. The Hall–Kier alpha value is -1.51. The summed E-state index contributed by atoms with van der Waals surface area (Å²) in [5, 5.41) is 3.61. The van der Waals surface area contributed by atoms with Crippen molar-refractivity contribution in [2.75, 3.05) is 19.6 Å². The Morgan fingerprint density at radius 1 is 1.38 bits per heavy atom. The third-order valence-electron chi connectivity index (χ3n) is 2.96. The molecule has 1 aliphatic rings. The van der Waals surface area contributed by atoms with E-state index in [1.807, 2.05) is 18.2 Å². The van der Waals surface area contributed by atoms with E-state index in [4.69, 9.17) is 5.53 Å². The molecule has 4 heteroatoms. The predicted octanol–water partition coefficient (Wildman–Crippen LogP) is 3.27. The molecule has 4 nitrogen and oxygen atoms in total. The van der Waals surface area contributed by atoms with E-state index in [9.17, 15) is 0 Å². The minimum Gasteiger partial charge on any atom is -0.303 e. The zero-order chi connectivity index (χ0) is 11.2. The van der Waals surface area contributed by atoms with E-state index in [2.05, 4.69) is 21.0 Å². The second-order valence-electron chi connectivity index (χ2n) is 4.16. The molecule has 0 amide bonds. The molecule has 2 rings (SSSR count). The summed E-state index contributed by atoms with van der Waals surface area (Å²) in [6.07, 6.45) is 3.59. The van der Waals surface area contributed by atoms with Crippen LogP contribution in [0, 0.1) is 0 Å². The molecular formula is C12H16N4. The molecule has 0 bridgehead atoms. The maximum atomic E-state index is 8.35. The second kappa shape index (κ2) is 5.54. The van der Waals surface area contributed by atoms with E-state index in [0.29, 0.717) is 5.69 Å². The summed E-state index contributed by atoms with van der Waals surface area (Å²) in [6.45, 7) is 3.71. The van der Waals surface area contributed by atoms with Crippen molar-refractivity contribution in [1.82, 2.24) is 4.90 Å². The van der Waals surface area contributed by atoms with Crippen molar-refractivity contribution in [1.29, 1.82) is 0 Å². The highest BCUT2D eigenvalue weighted by Gasteiger charge is 2.12. The SMILES string of the molecule is [N-]=[N+]=Nc1cccc(CCCN2CCC2)c1. The van der Waals surface area contributed by atoms with Gasteiger partial charge in [0.25, 0.3) is 0 Å². The van der Waals surface area contributed by atoms with Gasteiger partial charge in [0.15, 0.2) is 0 Å². The quantitative estimate of drug-likeness (QED) is 0.423. The Bertz CT molecular complexity index is 392. The number of hydrogen-bond donors (Lipinski definition) is 0. The third-order valence-corrected chi connectivity index (χ3v) is 2.96. The molecule has 1 fully saturated rings. The van der Waals surface area contributed by atoms with Crippen molar-refractivity contribution >= 4 is 5.69 Å². The number of rotatable bonds is 5. The van der Waals surface area contributed by atoms with Gasteiger partial charge in [-0.2, -0.15) is 0 Å². The van der Waals surface area contributed by atoms with E-state index < -0.39 is 0 Å². The molecule has 0 unspecified atom stereocenters. The van der Waals surface area contributed by atoms with Crippen LogP contribution in [0.15, 0.2) is 29.4 Å². The van der Waals surface area contributed by atoms with Gasteiger partial charge >= 0.3 is 0 Å². The van der Waals surface area contributed by atoms with Gasteiger partial charge < -0.3 is 4.90 Å². The molecule has 84 valence electrons. The summed E-state index contributed by atoms with van der Waals surface area (Å²) >= 11 is 0. The van der Waals surface area contributed by atoms with Gasteiger partial charge in [-0.3, -0.25) is 0 Å². The summed E-state index contributed by atoms with van der Waals surface area (Å²) in [5.74, 6) is 0. The molecular weight excluding hydrogens is 200 g/mol. The van der Waals surface area contributed by atoms with Crippen LogP contribution in [0.2, 0.25) is 0 Å². The molecule has 1 saturated heterocycles. The van der Waals surface area contributed by atoms with Crippen LogP contribution in [0.3, 0.4) is 0 Å². The topological polar surface area (TPSA) is 52.0 Å². The summed E-state index contributed by atoms with van der Waals surface area (Å²) in [7, 11) is 0. The first-order chi connectivity index (χ1) is 7.88. The molecule has 1 aromatic rings. The third kappa shape index (κ3) is 2.99. The van der Waals surface area contributed by atoms with Crippen LogP contribution in [-0.2, 0) is 6.42 Å². The van der Waals surface area contributed by atoms with E-state index in [-0.39, 0.29) is 0 Å². The zero-order valence-corrected chi connectivity index (χ0v) is 9.34. The maximum absolute atomic E-state index is 8.35. The molecule has 0 N–H and O–H groups in total. The van der Waals surface area contributed by atoms with Gasteiger partial charge in [-0.25, -0.2) is 0 Å². The van der Waals surface area contributed by atoms with Crippen LogP contribution in [0.4, 0.5) is 5.69 Å². The van der Waals surface area contributed by atoms with Gasteiger partial charge in [0.1, 0.15) is 0 Å². The van der Waals surface area contributed by atoms with E-state index >= 15 is 0 Å². The highest BCUT2D eigenvalue weighted by molar-refractivity contribution is 5.39.